The number of likely N-dealkylation sites (tertiary alicyclic amines) is 1. The predicted octanol–water partition coefficient (Wildman–Crippen LogP) is 0.591. The molecule has 0 radical (unpaired) electrons. The van der Waals surface area contributed by atoms with Crippen LogP contribution >= 0.6 is 0 Å². The van der Waals surface area contributed by atoms with E-state index >= 15 is 0 Å². The molecule has 2 aromatic rings. The average Bonchev–Trinajstić information content (AvgIpc) is 3.16. The first-order valence-corrected chi connectivity index (χ1v) is 8.50. The van der Waals surface area contributed by atoms with Crippen LogP contribution in [0.15, 0.2) is 30.5 Å². The Bertz CT molecular complexity index is 820. The summed E-state index contributed by atoms with van der Waals surface area (Å²) in [5.41, 5.74) is 6.80. The summed E-state index contributed by atoms with van der Waals surface area (Å²) in [6.07, 6.45) is 2.61. The predicted molar refractivity (Wildman–Crippen MR) is 93.7 cm³/mol. The Labute approximate surface area is 151 Å². The van der Waals surface area contributed by atoms with Gasteiger partial charge in [-0.05, 0) is 18.1 Å². The molecule has 1 aromatic carbocycles. The fourth-order valence-corrected chi connectivity index (χ4v) is 3.29. The molecule has 1 aromatic heterocycles. The number of hydrogen-bond donors (Lipinski definition) is 2. The number of hydrogen-bond acceptors (Lipinski definition) is 4. The van der Waals surface area contributed by atoms with E-state index in [1.807, 2.05) is 0 Å². The zero-order valence-corrected chi connectivity index (χ0v) is 14.6. The normalized spacial score (nSPS) is 17.4. The molecule has 1 unspecified atom stereocenters. The largest absolute Gasteiger partial charge is 0.364 e. The van der Waals surface area contributed by atoms with Gasteiger partial charge in [0.05, 0.1) is 6.42 Å². The van der Waals surface area contributed by atoms with E-state index in [9.17, 15) is 14.0 Å². The van der Waals surface area contributed by atoms with E-state index in [2.05, 4.69) is 15.3 Å². The summed E-state index contributed by atoms with van der Waals surface area (Å²) in [4.78, 5) is 25.8. The molecule has 1 aliphatic heterocycles. The minimum atomic E-state index is -0.547. The number of nitrogens with zero attached hydrogens (tertiary/aromatic N) is 3. The molecule has 8 heteroatoms. The molecule has 0 bridgehead atoms. The fourth-order valence-electron chi connectivity index (χ4n) is 3.29. The van der Waals surface area contributed by atoms with Crippen LogP contribution in [0.25, 0.3) is 0 Å². The zero-order chi connectivity index (χ0) is 18.7. The first-order chi connectivity index (χ1) is 12.4. The fraction of sp³-hybridized carbons (Fsp3) is 0.389. The molecule has 1 atom stereocenters. The number of aromatic nitrogens is 2. The molecule has 1 aliphatic rings. The lowest BCUT2D eigenvalue weighted by molar-refractivity contribution is -0.121. The van der Waals surface area contributed by atoms with Gasteiger partial charge in [0, 0.05) is 44.5 Å². The van der Waals surface area contributed by atoms with Crippen LogP contribution in [-0.2, 0) is 24.8 Å². The highest BCUT2D eigenvalue weighted by atomic mass is 19.1. The van der Waals surface area contributed by atoms with Crippen molar-refractivity contribution in [2.45, 2.75) is 25.4 Å². The Morgan fingerprint density at radius 1 is 1.35 bits per heavy atom. The van der Waals surface area contributed by atoms with Crippen molar-refractivity contribution in [3.05, 3.63) is 53.1 Å². The van der Waals surface area contributed by atoms with Gasteiger partial charge in [-0.15, -0.1) is 0 Å². The van der Waals surface area contributed by atoms with E-state index in [-0.39, 0.29) is 29.9 Å². The topological polar surface area (TPSA) is 93.2 Å². The number of amides is 2. The van der Waals surface area contributed by atoms with Crippen molar-refractivity contribution in [2.24, 2.45) is 12.8 Å². The van der Waals surface area contributed by atoms with Crippen molar-refractivity contribution < 1.29 is 14.0 Å². The van der Waals surface area contributed by atoms with Gasteiger partial charge in [0.2, 0.25) is 5.91 Å². The minimum absolute atomic E-state index is 0.00275. The second-order valence-corrected chi connectivity index (χ2v) is 6.60. The molecule has 1 fully saturated rings. The average molecular weight is 359 g/mol. The molecule has 26 heavy (non-hydrogen) atoms. The quantitative estimate of drug-likeness (QED) is 0.789. The summed E-state index contributed by atoms with van der Waals surface area (Å²) in [5, 5.41) is 7.04. The van der Waals surface area contributed by atoms with Gasteiger partial charge in [0.1, 0.15) is 5.82 Å². The minimum Gasteiger partial charge on any atom is -0.364 e. The summed E-state index contributed by atoms with van der Waals surface area (Å²) >= 11 is 0. The van der Waals surface area contributed by atoms with Crippen molar-refractivity contribution in [3.63, 3.8) is 0 Å². The van der Waals surface area contributed by atoms with E-state index in [1.54, 1.807) is 36.1 Å². The van der Waals surface area contributed by atoms with E-state index in [4.69, 9.17) is 5.73 Å². The Hall–Kier alpha value is -2.74. The van der Waals surface area contributed by atoms with Gasteiger partial charge in [-0.3, -0.25) is 19.2 Å². The standard InChI is InChI=1S/C18H22FN5O2/c1-23-9-13(17(22-23)18(20)26)10-24-7-6-14(11-24)21-16(25)8-12-4-2-3-5-15(12)19/h2-5,9,14H,6-8,10-11H2,1H3,(H2,20,26)(H,21,25). The lowest BCUT2D eigenvalue weighted by Gasteiger charge is -2.16. The van der Waals surface area contributed by atoms with Crippen LogP contribution in [0.2, 0.25) is 0 Å². The van der Waals surface area contributed by atoms with Crippen LogP contribution in [0.5, 0.6) is 0 Å². The van der Waals surface area contributed by atoms with Crippen LogP contribution in [0.1, 0.15) is 28.0 Å². The molecule has 2 heterocycles. The van der Waals surface area contributed by atoms with Gasteiger partial charge in [-0.2, -0.15) is 5.10 Å². The highest BCUT2D eigenvalue weighted by molar-refractivity contribution is 5.92. The van der Waals surface area contributed by atoms with Gasteiger partial charge in [0.15, 0.2) is 5.69 Å². The van der Waals surface area contributed by atoms with E-state index < -0.39 is 5.91 Å². The molecule has 3 rings (SSSR count). The highest BCUT2D eigenvalue weighted by Gasteiger charge is 2.26. The molecular formula is C18H22FN5O2. The van der Waals surface area contributed by atoms with Crippen LogP contribution in [-0.4, -0.2) is 45.6 Å². The summed E-state index contributed by atoms with van der Waals surface area (Å²) in [6.45, 7) is 2.00. The second kappa shape index (κ2) is 7.65. The summed E-state index contributed by atoms with van der Waals surface area (Å²) in [6, 6.07) is 6.29. The molecule has 0 spiro atoms. The van der Waals surface area contributed by atoms with Crippen LogP contribution in [0.4, 0.5) is 4.39 Å². The third-order valence-electron chi connectivity index (χ3n) is 4.48. The number of nitrogens with two attached hydrogens (primary N) is 1. The van der Waals surface area contributed by atoms with Gasteiger partial charge in [0.25, 0.3) is 5.91 Å². The molecule has 3 N–H and O–H groups in total. The summed E-state index contributed by atoms with van der Waals surface area (Å²) in [5.74, 6) is -1.11. The molecule has 0 aliphatic carbocycles. The third kappa shape index (κ3) is 4.26. The summed E-state index contributed by atoms with van der Waals surface area (Å²) < 4.78 is 15.2. The summed E-state index contributed by atoms with van der Waals surface area (Å²) in [7, 11) is 1.74. The van der Waals surface area contributed by atoms with Gasteiger partial charge >= 0.3 is 0 Å². The van der Waals surface area contributed by atoms with Gasteiger partial charge in [-0.25, -0.2) is 4.39 Å². The van der Waals surface area contributed by atoms with Crippen molar-refractivity contribution in [3.8, 4) is 0 Å². The van der Waals surface area contributed by atoms with E-state index in [0.717, 1.165) is 18.5 Å². The van der Waals surface area contributed by atoms with Gasteiger partial charge < -0.3 is 11.1 Å². The number of carbonyl (C=O) groups excluding carboxylic acids is 2. The SMILES string of the molecule is Cn1cc(CN2CCC(NC(=O)Cc3ccccc3F)C2)c(C(N)=O)n1. The maximum Gasteiger partial charge on any atom is 0.269 e. The number of primary amides is 1. The number of halogens is 1. The second-order valence-electron chi connectivity index (χ2n) is 6.60. The van der Waals surface area contributed by atoms with E-state index in [0.29, 0.717) is 18.7 Å². The number of benzene rings is 1. The lowest BCUT2D eigenvalue weighted by Crippen LogP contribution is -2.38. The Morgan fingerprint density at radius 3 is 2.85 bits per heavy atom. The molecule has 0 saturated carbocycles. The van der Waals surface area contributed by atoms with Crippen LogP contribution < -0.4 is 11.1 Å². The molecule has 138 valence electrons. The number of rotatable bonds is 6. The number of nitrogens with one attached hydrogen (secondary N) is 1. The Kier molecular flexibility index (Phi) is 5.32. The van der Waals surface area contributed by atoms with Crippen molar-refractivity contribution in [1.29, 1.82) is 0 Å². The first kappa shape index (κ1) is 18.1. The Balaban J connectivity index is 1.53. The van der Waals surface area contributed by atoms with Gasteiger partial charge in [-0.1, -0.05) is 18.2 Å². The van der Waals surface area contributed by atoms with Crippen molar-refractivity contribution in [1.82, 2.24) is 20.0 Å². The monoisotopic (exact) mass is 359 g/mol. The zero-order valence-electron chi connectivity index (χ0n) is 14.6. The first-order valence-electron chi connectivity index (χ1n) is 8.50. The van der Waals surface area contributed by atoms with Crippen LogP contribution in [0.3, 0.4) is 0 Å². The molecular weight excluding hydrogens is 337 g/mol. The van der Waals surface area contributed by atoms with Crippen molar-refractivity contribution >= 4 is 11.8 Å². The molecule has 2 amide bonds. The molecule has 7 nitrogen and oxygen atoms in total. The number of carbonyl (C=O) groups is 2. The molecule has 1 saturated heterocycles. The number of aryl methyl sites for hydroxylation is 1. The maximum atomic E-state index is 13.6. The van der Waals surface area contributed by atoms with Crippen LogP contribution in [0, 0.1) is 5.82 Å². The maximum absolute atomic E-state index is 13.6. The third-order valence-corrected chi connectivity index (χ3v) is 4.48. The highest BCUT2D eigenvalue weighted by Crippen LogP contribution is 2.16. The lowest BCUT2D eigenvalue weighted by atomic mass is 10.1. The van der Waals surface area contributed by atoms with E-state index in [1.165, 1.54) is 6.07 Å². The smallest absolute Gasteiger partial charge is 0.269 e. The Morgan fingerprint density at radius 2 is 2.12 bits per heavy atom. The van der Waals surface area contributed by atoms with Crippen molar-refractivity contribution in [2.75, 3.05) is 13.1 Å².